The van der Waals surface area contributed by atoms with Gasteiger partial charge in [-0.2, -0.15) is 4.98 Å². The minimum absolute atomic E-state index is 0.0491. The Bertz CT molecular complexity index is 535. The van der Waals surface area contributed by atoms with Crippen molar-refractivity contribution in [2.75, 3.05) is 17.4 Å². The Hall–Kier alpha value is -0.760. The number of hydrogen-bond acceptors (Lipinski definition) is 6. The fourth-order valence-electron chi connectivity index (χ4n) is 2.16. The quantitative estimate of drug-likeness (QED) is 0.462. The molecule has 8 heteroatoms. The SMILES string of the molecule is NN(c1nc(Cl)nc2c1S(=O)CC2)C1(CO)CC1. The van der Waals surface area contributed by atoms with Crippen LogP contribution in [-0.2, 0) is 17.2 Å². The van der Waals surface area contributed by atoms with Gasteiger partial charge in [0.25, 0.3) is 0 Å². The van der Waals surface area contributed by atoms with Gasteiger partial charge in [0.15, 0.2) is 5.82 Å². The van der Waals surface area contributed by atoms with Crippen LogP contribution in [0.15, 0.2) is 4.90 Å². The molecule has 3 rings (SSSR count). The summed E-state index contributed by atoms with van der Waals surface area (Å²) in [5.41, 5.74) is 0.227. The smallest absolute Gasteiger partial charge is 0.224 e. The molecule has 0 spiro atoms. The Balaban J connectivity index is 2.09. The van der Waals surface area contributed by atoms with Crippen molar-refractivity contribution in [2.45, 2.75) is 29.7 Å². The molecule has 1 fully saturated rings. The second-order valence-corrected chi connectivity index (χ2v) is 6.49. The largest absolute Gasteiger partial charge is 0.394 e. The van der Waals surface area contributed by atoms with Gasteiger partial charge in [0.1, 0.15) is 4.90 Å². The van der Waals surface area contributed by atoms with Crippen molar-refractivity contribution < 1.29 is 9.32 Å². The highest BCUT2D eigenvalue weighted by Gasteiger charge is 2.49. The molecule has 1 aromatic rings. The van der Waals surface area contributed by atoms with Gasteiger partial charge in [-0.1, -0.05) is 0 Å². The summed E-state index contributed by atoms with van der Waals surface area (Å²) in [6, 6.07) is 0. The third-order valence-electron chi connectivity index (χ3n) is 3.50. The van der Waals surface area contributed by atoms with Gasteiger partial charge in [0.05, 0.1) is 28.6 Å². The van der Waals surface area contributed by atoms with E-state index in [4.69, 9.17) is 17.4 Å². The van der Waals surface area contributed by atoms with E-state index in [1.165, 1.54) is 5.01 Å². The Morgan fingerprint density at radius 3 is 2.83 bits per heavy atom. The van der Waals surface area contributed by atoms with Crippen molar-refractivity contribution in [3.05, 3.63) is 11.0 Å². The zero-order chi connectivity index (χ0) is 12.9. The lowest BCUT2D eigenvalue weighted by Crippen LogP contribution is -2.46. The first kappa shape index (κ1) is 12.3. The number of nitrogens with zero attached hydrogens (tertiary/aromatic N) is 3. The predicted octanol–water partition coefficient (Wildman–Crippen LogP) is -0.00130. The molecule has 6 nitrogen and oxygen atoms in total. The molecule has 98 valence electrons. The van der Waals surface area contributed by atoms with Gasteiger partial charge in [0.2, 0.25) is 5.28 Å². The first-order valence-electron chi connectivity index (χ1n) is 5.68. The van der Waals surface area contributed by atoms with E-state index in [-0.39, 0.29) is 11.9 Å². The first-order valence-corrected chi connectivity index (χ1v) is 7.38. The summed E-state index contributed by atoms with van der Waals surface area (Å²) in [6.45, 7) is -0.0491. The molecule has 2 heterocycles. The molecule has 0 radical (unpaired) electrons. The van der Waals surface area contributed by atoms with E-state index in [0.717, 1.165) is 12.8 Å². The number of hydrazine groups is 1. The molecule has 1 aliphatic carbocycles. The van der Waals surface area contributed by atoms with Crippen LogP contribution in [0.4, 0.5) is 5.82 Å². The molecule has 18 heavy (non-hydrogen) atoms. The van der Waals surface area contributed by atoms with E-state index in [9.17, 15) is 9.32 Å². The number of aliphatic hydroxyl groups excluding tert-OH is 1. The molecular weight excluding hydrogens is 276 g/mol. The molecule has 0 bridgehead atoms. The fraction of sp³-hybridized carbons (Fsp3) is 0.600. The summed E-state index contributed by atoms with van der Waals surface area (Å²) in [7, 11) is -1.13. The van der Waals surface area contributed by atoms with Crippen LogP contribution in [0.25, 0.3) is 0 Å². The fourth-order valence-corrected chi connectivity index (χ4v) is 3.68. The zero-order valence-electron chi connectivity index (χ0n) is 9.60. The monoisotopic (exact) mass is 288 g/mol. The average molecular weight is 289 g/mol. The van der Waals surface area contributed by atoms with Crippen molar-refractivity contribution in [2.24, 2.45) is 5.84 Å². The number of halogens is 1. The van der Waals surface area contributed by atoms with Crippen LogP contribution in [0.1, 0.15) is 18.5 Å². The van der Waals surface area contributed by atoms with Crippen molar-refractivity contribution in [3.8, 4) is 0 Å². The summed E-state index contributed by atoms with van der Waals surface area (Å²) >= 11 is 5.87. The second-order valence-electron chi connectivity index (χ2n) is 4.64. The topological polar surface area (TPSA) is 92.3 Å². The van der Waals surface area contributed by atoms with Crippen LogP contribution in [0.5, 0.6) is 0 Å². The predicted molar refractivity (Wildman–Crippen MR) is 67.7 cm³/mol. The number of fused-ring (bicyclic) bond motifs is 1. The maximum Gasteiger partial charge on any atom is 0.224 e. The summed E-state index contributed by atoms with van der Waals surface area (Å²) in [6.07, 6.45) is 2.21. The van der Waals surface area contributed by atoms with Gasteiger partial charge in [-0.15, -0.1) is 0 Å². The third kappa shape index (κ3) is 1.73. The van der Waals surface area contributed by atoms with Crippen LogP contribution >= 0.6 is 11.6 Å². The highest BCUT2D eigenvalue weighted by atomic mass is 35.5. The first-order chi connectivity index (χ1) is 8.57. The molecular formula is C10H13ClN4O2S. The molecule has 0 aromatic carbocycles. The number of nitrogens with two attached hydrogens (primary N) is 1. The number of anilines is 1. The van der Waals surface area contributed by atoms with Crippen molar-refractivity contribution in [1.82, 2.24) is 9.97 Å². The molecule has 3 N–H and O–H groups in total. The summed E-state index contributed by atoms with van der Waals surface area (Å²) in [5.74, 6) is 6.96. The van der Waals surface area contributed by atoms with Crippen LogP contribution in [0, 0.1) is 0 Å². The zero-order valence-corrected chi connectivity index (χ0v) is 11.2. The third-order valence-corrected chi connectivity index (χ3v) is 5.12. The molecule has 2 aliphatic rings. The standard InChI is InChI=1S/C10H13ClN4O2S/c11-9-13-6-1-4-18(17)7(6)8(14-9)15(12)10(5-16)2-3-10/h16H,1-5,12H2. The normalized spacial score (nSPS) is 23.8. The molecule has 1 aromatic heterocycles. The van der Waals surface area contributed by atoms with Crippen LogP contribution in [0.2, 0.25) is 5.28 Å². The van der Waals surface area contributed by atoms with Crippen LogP contribution in [0.3, 0.4) is 0 Å². The second kappa shape index (κ2) is 4.12. The molecule has 1 atom stereocenters. The van der Waals surface area contributed by atoms with Gasteiger partial charge in [-0.25, -0.2) is 10.8 Å². The van der Waals surface area contributed by atoms with Crippen LogP contribution in [-0.4, -0.2) is 37.2 Å². The number of aromatic nitrogens is 2. The van der Waals surface area contributed by atoms with Crippen LogP contribution < -0.4 is 10.9 Å². The number of aryl methyl sites for hydroxylation is 1. The summed E-state index contributed by atoms with van der Waals surface area (Å²) in [5, 5.41) is 10.9. The molecule has 1 saturated carbocycles. The molecule has 1 aliphatic heterocycles. The van der Waals surface area contributed by atoms with Gasteiger partial charge in [-0.05, 0) is 24.4 Å². The van der Waals surface area contributed by atoms with Gasteiger partial charge < -0.3 is 5.11 Å². The van der Waals surface area contributed by atoms with Crippen molar-refractivity contribution >= 4 is 28.2 Å². The van der Waals surface area contributed by atoms with E-state index >= 15 is 0 Å². The van der Waals surface area contributed by atoms with Gasteiger partial charge in [-0.3, -0.25) is 9.22 Å². The van der Waals surface area contributed by atoms with E-state index in [1.54, 1.807) is 0 Å². The van der Waals surface area contributed by atoms with E-state index in [0.29, 0.717) is 28.6 Å². The van der Waals surface area contributed by atoms with Crippen molar-refractivity contribution in [3.63, 3.8) is 0 Å². The van der Waals surface area contributed by atoms with E-state index in [1.807, 2.05) is 0 Å². The number of hydrogen-bond donors (Lipinski definition) is 2. The molecule has 0 saturated heterocycles. The average Bonchev–Trinajstić information content (AvgIpc) is 3.08. The van der Waals surface area contributed by atoms with Crippen molar-refractivity contribution in [1.29, 1.82) is 0 Å². The maximum atomic E-state index is 12.0. The number of aliphatic hydroxyl groups is 1. The Kier molecular flexibility index (Phi) is 2.81. The van der Waals surface area contributed by atoms with Gasteiger partial charge in [0, 0.05) is 12.2 Å². The van der Waals surface area contributed by atoms with E-state index < -0.39 is 16.3 Å². The maximum absolute atomic E-state index is 12.0. The minimum Gasteiger partial charge on any atom is -0.394 e. The summed E-state index contributed by atoms with van der Waals surface area (Å²) in [4.78, 5) is 8.76. The van der Waals surface area contributed by atoms with E-state index in [2.05, 4.69) is 9.97 Å². The Morgan fingerprint density at radius 1 is 1.50 bits per heavy atom. The molecule has 0 amide bonds. The summed E-state index contributed by atoms with van der Waals surface area (Å²) < 4.78 is 12.0. The minimum atomic E-state index is -1.13. The Labute approximate surface area is 112 Å². The Morgan fingerprint density at radius 2 is 2.22 bits per heavy atom. The highest BCUT2D eigenvalue weighted by molar-refractivity contribution is 7.85. The van der Waals surface area contributed by atoms with Gasteiger partial charge >= 0.3 is 0 Å². The lowest BCUT2D eigenvalue weighted by atomic mass is 10.2. The number of rotatable bonds is 3. The molecule has 1 unspecified atom stereocenters. The lowest BCUT2D eigenvalue weighted by Gasteiger charge is -2.27. The highest BCUT2D eigenvalue weighted by Crippen LogP contribution is 2.43. The lowest BCUT2D eigenvalue weighted by molar-refractivity contribution is 0.248.